The van der Waals surface area contributed by atoms with Crippen LogP contribution in [0.15, 0.2) is 12.4 Å². The van der Waals surface area contributed by atoms with Crippen molar-refractivity contribution in [3.8, 4) is 0 Å². The quantitative estimate of drug-likeness (QED) is 0.703. The summed E-state index contributed by atoms with van der Waals surface area (Å²) < 4.78 is 7.17. The maximum absolute atomic E-state index is 4.99. The molecule has 0 bridgehead atoms. The summed E-state index contributed by atoms with van der Waals surface area (Å²) in [7, 11) is 1.72. The van der Waals surface area contributed by atoms with Gasteiger partial charge in [-0.1, -0.05) is 6.92 Å². The number of ether oxygens (including phenoxy) is 1. The van der Waals surface area contributed by atoms with E-state index < -0.39 is 0 Å². The average molecular weight is 211 g/mol. The molecule has 0 amide bonds. The monoisotopic (exact) mass is 211 g/mol. The summed E-state index contributed by atoms with van der Waals surface area (Å²) in [6.45, 7) is 6.07. The second kappa shape index (κ2) is 6.45. The fraction of sp³-hybridized carbons (Fsp3) is 0.727. The van der Waals surface area contributed by atoms with Crippen molar-refractivity contribution < 1.29 is 4.74 Å². The number of rotatable bonds is 7. The predicted octanol–water partition coefficient (Wildman–Crippen LogP) is 2.30. The molecule has 0 radical (unpaired) electrons. The smallest absolute Gasteiger partial charge is 0.203 e. The van der Waals surface area contributed by atoms with E-state index in [1.807, 2.05) is 12.4 Å². The summed E-state index contributed by atoms with van der Waals surface area (Å²) in [5.41, 5.74) is 0. The Hall–Kier alpha value is -1.03. The molecule has 0 spiro atoms. The molecule has 0 saturated heterocycles. The van der Waals surface area contributed by atoms with Crippen LogP contribution in [0.3, 0.4) is 0 Å². The van der Waals surface area contributed by atoms with Gasteiger partial charge in [-0.15, -0.1) is 0 Å². The third-order valence-corrected chi connectivity index (χ3v) is 2.54. The minimum atomic E-state index is 0.498. The Morgan fingerprint density at radius 2 is 2.40 bits per heavy atom. The number of methoxy groups -OCH3 is 1. The van der Waals surface area contributed by atoms with Crippen LogP contribution in [0.5, 0.6) is 0 Å². The summed E-state index contributed by atoms with van der Waals surface area (Å²) in [5.74, 6) is 0.959. The molecule has 1 aromatic rings. The first kappa shape index (κ1) is 12.0. The normalized spacial score (nSPS) is 12.7. The lowest BCUT2D eigenvalue weighted by molar-refractivity contribution is 0.197. The summed E-state index contributed by atoms with van der Waals surface area (Å²) in [6, 6.07) is 0.498. The summed E-state index contributed by atoms with van der Waals surface area (Å²) in [5, 5.41) is 3.32. The summed E-state index contributed by atoms with van der Waals surface area (Å²) in [6.07, 6.45) is 5.98. The van der Waals surface area contributed by atoms with Crippen LogP contribution in [-0.4, -0.2) is 29.8 Å². The van der Waals surface area contributed by atoms with Crippen LogP contribution < -0.4 is 5.32 Å². The molecule has 4 nitrogen and oxygen atoms in total. The lowest BCUT2D eigenvalue weighted by Crippen LogP contribution is -2.12. The van der Waals surface area contributed by atoms with Gasteiger partial charge in [-0.05, 0) is 19.8 Å². The Bertz CT molecular complexity index is 273. The molecular weight excluding hydrogens is 190 g/mol. The largest absolute Gasteiger partial charge is 0.385 e. The molecule has 1 rings (SSSR count). The fourth-order valence-corrected chi connectivity index (χ4v) is 1.42. The highest BCUT2D eigenvalue weighted by Crippen LogP contribution is 2.15. The minimum Gasteiger partial charge on any atom is -0.385 e. The average Bonchev–Trinajstić information content (AvgIpc) is 2.71. The first-order chi connectivity index (χ1) is 7.29. The maximum Gasteiger partial charge on any atom is 0.203 e. The zero-order chi connectivity index (χ0) is 11.1. The molecule has 0 fully saturated rings. The van der Waals surface area contributed by atoms with Gasteiger partial charge in [0.1, 0.15) is 0 Å². The van der Waals surface area contributed by atoms with Gasteiger partial charge in [0, 0.05) is 38.7 Å². The number of aromatic nitrogens is 2. The minimum absolute atomic E-state index is 0.498. The van der Waals surface area contributed by atoms with E-state index in [9.17, 15) is 0 Å². The summed E-state index contributed by atoms with van der Waals surface area (Å²) >= 11 is 0. The van der Waals surface area contributed by atoms with Crippen LogP contribution in [0.4, 0.5) is 5.95 Å². The first-order valence-corrected chi connectivity index (χ1v) is 5.55. The lowest BCUT2D eigenvalue weighted by Gasteiger charge is -2.14. The molecule has 0 aromatic carbocycles. The SMILES string of the molecule is CCC(C)n1ccnc1NCCCOC. The van der Waals surface area contributed by atoms with Crippen molar-refractivity contribution in [1.82, 2.24) is 9.55 Å². The molecular formula is C11H21N3O. The Kier molecular flexibility index (Phi) is 5.18. The lowest BCUT2D eigenvalue weighted by atomic mass is 10.2. The van der Waals surface area contributed by atoms with Crippen molar-refractivity contribution in [2.24, 2.45) is 0 Å². The van der Waals surface area contributed by atoms with Crippen LogP contribution in [0.1, 0.15) is 32.7 Å². The van der Waals surface area contributed by atoms with Gasteiger partial charge in [0.25, 0.3) is 0 Å². The van der Waals surface area contributed by atoms with Crippen LogP contribution >= 0.6 is 0 Å². The molecule has 0 aliphatic rings. The Morgan fingerprint density at radius 1 is 1.60 bits per heavy atom. The van der Waals surface area contributed by atoms with E-state index in [2.05, 4.69) is 28.7 Å². The molecule has 1 aromatic heterocycles. The second-order valence-corrected chi connectivity index (χ2v) is 3.69. The van der Waals surface area contributed by atoms with E-state index in [1.165, 1.54) is 0 Å². The Morgan fingerprint density at radius 3 is 3.07 bits per heavy atom. The number of anilines is 1. The standard InChI is InChI=1S/C11H21N3O/c1-4-10(2)14-8-7-13-11(14)12-6-5-9-15-3/h7-8,10H,4-6,9H2,1-3H3,(H,12,13). The van der Waals surface area contributed by atoms with E-state index in [0.717, 1.165) is 31.9 Å². The molecule has 15 heavy (non-hydrogen) atoms. The molecule has 1 N–H and O–H groups in total. The van der Waals surface area contributed by atoms with E-state index in [4.69, 9.17) is 4.74 Å². The molecule has 0 aliphatic heterocycles. The third kappa shape index (κ3) is 3.55. The number of hydrogen-bond acceptors (Lipinski definition) is 3. The zero-order valence-electron chi connectivity index (χ0n) is 9.86. The first-order valence-electron chi connectivity index (χ1n) is 5.55. The van der Waals surface area contributed by atoms with Crippen molar-refractivity contribution in [2.45, 2.75) is 32.7 Å². The number of nitrogens with one attached hydrogen (secondary N) is 1. The van der Waals surface area contributed by atoms with Gasteiger partial charge in [0.2, 0.25) is 5.95 Å². The van der Waals surface area contributed by atoms with Crippen LogP contribution in [0.2, 0.25) is 0 Å². The molecule has 0 aliphatic carbocycles. The fourth-order valence-electron chi connectivity index (χ4n) is 1.42. The number of nitrogens with zero attached hydrogens (tertiary/aromatic N) is 2. The summed E-state index contributed by atoms with van der Waals surface area (Å²) in [4.78, 5) is 4.29. The van der Waals surface area contributed by atoms with Gasteiger partial charge in [0.05, 0.1) is 0 Å². The highest BCUT2D eigenvalue weighted by molar-refractivity contribution is 5.26. The van der Waals surface area contributed by atoms with E-state index in [-0.39, 0.29) is 0 Å². The van der Waals surface area contributed by atoms with Gasteiger partial charge in [0.15, 0.2) is 0 Å². The van der Waals surface area contributed by atoms with E-state index in [1.54, 1.807) is 7.11 Å². The van der Waals surface area contributed by atoms with Crippen LogP contribution in [0.25, 0.3) is 0 Å². The van der Waals surface area contributed by atoms with Crippen molar-refractivity contribution in [3.63, 3.8) is 0 Å². The van der Waals surface area contributed by atoms with E-state index in [0.29, 0.717) is 6.04 Å². The van der Waals surface area contributed by atoms with Gasteiger partial charge in [-0.3, -0.25) is 0 Å². The topological polar surface area (TPSA) is 39.1 Å². The van der Waals surface area contributed by atoms with Crippen molar-refractivity contribution in [3.05, 3.63) is 12.4 Å². The zero-order valence-corrected chi connectivity index (χ0v) is 9.86. The van der Waals surface area contributed by atoms with Gasteiger partial charge >= 0.3 is 0 Å². The van der Waals surface area contributed by atoms with Crippen molar-refractivity contribution >= 4 is 5.95 Å². The maximum atomic E-state index is 4.99. The molecule has 1 unspecified atom stereocenters. The molecule has 0 saturated carbocycles. The van der Waals surface area contributed by atoms with Crippen molar-refractivity contribution in [2.75, 3.05) is 25.6 Å². The number of imidazole rings is 1. The number of hydrogen-bond donors (Lipinski definition) is 1. The Labute approximate surface area is 91.7 Å². The highest BCUT2D eigenvalue weighted by Gasteiger charge is 2.06. The molecule has 4 heteroatoms. The van der Waals surface area contributed by atoms with Crippen LogP contribution in [-0.2, 0) is 4.74 Å². The van der Waals surface area contributed by atoms with E-state index >= 15 is 0 Å². The molecule has 86 valence electrons. The van der Waals surface area contributed by atoms with Gasteiger partial charge < -0.3 is 14.6 Å². The highest BCUT2D eigenvalue weighted by atomic mass is 16.5. The molecule has 1 atom stereocenters. The van der Waals surface area contributed by atoms with Gasteiger partial charge in [-0.2, -0.15) is 0 Å². The van der Waals surface area contributed by atoms with Crippen LogP contribution in [0, 0.1) is 0 Å². The Balaban J connectivity index is 2.43. The van der Waals surface area contributed by atoms with Gasteiger partial charge in [-0.25, -0.2) is 4.98 Å². The molecule has 1 heterocycles. The van der Waals surface area contributed by atoms with Crippen molar-refractivity contribution in [1.29, 1.82) is 0 Å². The predicted molar refractivity (Wildman–Crippen MR) is 62.2 cm³/mol. The second-order valence-electron chi connectivity index (χ2n) is 3.69. The third-order valence-electron chi connectivity index (χ3n) is 2.54.